The second kappa shape index (κ2) is 9.28. The third-order valence-electron chi connectivity index (χ3n) is 4.29. The minimum Gasteiger partial charge on any atom is -0.496 e. The molecule has 30 heavy (non-hydrogen) atoms. The Bertz CT molecular complexity index is 1150. The molecule has 154 valence electrons. The largest absolute Gasteiger partial charge is 0.496 e. The highest BCUT2D eigenvalue weighted by Gasteiger charge is 2.14. The molecule has 0 heterocycles. The Kier molecular flexibility index (Phi) is 6.54. The van der Waals surface area contributed by atoms with Crippen molar-refractivity contribution in [1.29, 1.82) is 0 Å². The van der Waals surface area contributed by atoms with E-state index in [0.29, 0.717) is 17.1 Å². The molecule has 0 bridgehead atoms. The van der Waals surface area contributed by atoms with Crippen LogP contribution < -0.4 is 14.8 Å². The van der Waals surface area contributed by atoms with E-state index in [0.717, 1.165) is 11.1 Å². The van der Waals surface area contributed by atoms with Crippen molar-refractivity contribution >= 4 is 33.4 Å². The number of benzene rings is 3. The van der Waals surface area contributed by atoms with E-state index in [1.54, 1.807) is 43.5 Å². The lowest BCUT2D eigenvalue weighted by Crippen LogP contribution is -2.13. The summed E-state index contributed by atoms with van der Waals surface area (Å²) < 4.78 is 32.8. The van der Waals surface area contributed by atoms with Gasteiger partial charge in [0, 0.05) is 23.0 Å². The van der Waals surface area contributed by atoms with Crippen molar-refractivity contribution in [2.24, 2.45) is 0 Å². The fraction of sp³-hybridized carbons (Fsp3) is 0.0870. The van der Waals surface area contributed by atoms with Crippen LogP contribution in [0.15, 0.2) is 83.8 Å². The molecule has 0 aliphatic carbocycles. The number of ether oxygens (including phenoxy) is 1. The Hall–Kier alpha value is -3.58. The summed E-state index contributed by atoms with van der Waals surface area (Å²) in [6, 6.07) is 20.4. The number of carbonyl (C=O) groups excluding carboxylic acids is 1. The molecule has 0 fully saturated rings. The van der Waals surface area contributed by atoms with Gasteiger partial charge in [0.2, 0.25) is 5.91 Å². The third-order valence-corrected chi connectivity index (χ3v) is 5.69. The van der Waals surface area contributed by atoms with Crippen molar-refractivity contribution in [2.75, 3.05) is 17.1 Å². The van der Waals surface area contributed by atoms with E-state index in [1.165, 1.54) is 18.2 Å². The van der Waals surface area contributed by atoms with Gasteiger partial charge in [0.1, 0.15) is 5.75 Å². The van der Waals surface area contributed by atoms with Crippen molar-refractivity contribution in [2.45, 2.75) is 11.8 Å². The number of carbonyl (C=O) groups is 1. The quantitative estimate of drug-likeness (QED) is 0.551. The van der Waals surface area contributed by atoms with Gasteiger partial charge in [0.05, 0.1) is 12.0 Å². The zero-order chi connectivity index (χ0) is 21.6. The Labute approximate surface area is 176 Å². The van der Waals surface area contributed by atoms with Gasteiger partial charge >= 0.3 is 0 Å². The maximum Gasteiger partial charge on any atom is 0.261 e. The highest BCUT2D eigenvalue weighted by molar-refractivity contribution is 7.92. The lowest BCUT2D eigenvalue weighted by atomic mass is 10.2. The average Bonchev–Trinajstić information content (AvgIpc) is 2.74. The number of nitrogens with one attached hydrogen (secondary N) is 2. The van der Waals surface area contributed by atoms with E-state index in [4.69, 9.17) is 4.74 Å². The second-order valence-corrected chi connectivity index (χ2v) is 8.24. The lowest BCUT2D eigenvalue weighted by Gasteiger charge is -2.09. The summed E-state index contributed by atoms with van der Waals surface area (Å²) >= 11 is 0. The van der Waals surface area contributed by atoms with Crippen molar-refractivity contribution in [1.82, 2.24) is 0 Å². The van der Waals surface area contributed by atoms with Gasteiger partial charge in [-0.25, -0.2) is 8.42 Å². The van der Waals surface area contributed by atoms with Crippen LogP contribution in [-0.2, 0) is 14.8 Å². The first kappa shape index (κ1) is 21.1. The monoisotopic (exact) mass is 422 g/mol. The summed E-state index contributed by atoms with van der Waals surface area (Å²) in [6.45, 7) is 1.93. The summed E-state index contributed by atoms with van der Waals surface area (Å²) in [5.41, 5.74) is 2.79. The smallest absolute Gasteiger partial charge is 0.261 e. The molecule has 3 rings (SSSR count). The van der Waals surface area contributed by atoms with Crippen LogP contribution in [0.2, 0.25) is 0 Å². The molecule has 0 unspecified atom stereocenters. The fourth-order valence-corrected chi connectivity index (χ4v) is 3.77. The average molecular weight is 423 g/mol. The predicted octanol–water partition coefficient (Wildman–Crippen LogP) is 4.46. The molecule has 7 heteroatoms. The SMILES string of the molecule is COc1ccccc1C=CC(=O)Nc1ccc(S(=O)(=O)Nc2ccc(C)cc2)cc1. The normalized spacial score (nSPS) is 11.3. The summed E-state index contributed by atoms with van der Waals surface area (Å²) in [6.07, 6.45) is 3.04. The fourth-order valence-electron chi connectivity index (χ4n) is 2.71. The van der Waals surface area contributed by atoms with Crippen LogP contribution in [0.3, 0.4) is 0 Å². The second-order valence-electron chi connectivity index (χ2n) is 6.56. The number of sulfonamides is 1. The highest BCUT2D eigenvalue weighted by Crippen LogP contribution is 2.20. The van der Waals surface area contributed by atoms with E-state index in [2.05, 4.69) is 10.0 Å². The van der Waals surface area contributed by atoms with Crippen molar-refractivity contribution < 1.29 is 17.9 Å². The predicted molar refractivity (Wildman–Crippen MR) is 119 cm³/mol. The van der Waals surface area contributed by atoms with Crippen LogP contribution in [-0.4, -0.2) is 21.4 Å². The maximum atomic E-state index is 12.5. The number of aryl methyl sites for hydroxylation is 1. The Morgan fingerprint density at radius 1 is 0.900 bits per heavy atom. The van der Waals surface area contributed by atoms with Crippen LogP contribution in [0, 0.1) is 6.92 Å². The molecular weight excluding hydrogens is 400 g/mol. The standard InChI is InChI=1S/C23H22N2O4S/c1-17-7-10-20(11-8-17)25-30(27,28)21-14-12-19(13-15-21)24-23(26)16-9-18-5-3-4-6-22(18)29-2/h3-16,25H,1-2H3,(H,24,26). The molecule has 0 saturated carbocycles. The number of hydrogen-bond acceptors (Lipinski definition) is 4. The van der Waals surface area contributed by atoms with E-state index in [1.807, 2.05) is 37.3 Å². The molecule has 6 nitrogen and oxygen atoms in total. The number of para-hydroxylation sites is 1. The molecule has 0 aliphatic heterocycles. The molecule has 0 spiro atoms. The van der Waals surface area contributed by atoms with Gasteiger partial charge in [-0.1, -0.05) is 35.9 Å². The van der Waals surface area contributed by atoms with Crippen LogP contribution in [0.5, 0.6) is 5.75 Å². The van der Waals surface area contributed by atoms with Crippen LogP contribution in [0.4, 0.5) is 11.4 Å². The minimum absolute atomic E-state index is 0.102. The molecule has 0 radical (unpaired) electrons. The molecule has 0 saturated heterocycles. The molecule has 2 N–H and O–H groups in total. The van der Waals surface area contributed by atoms with E-state index in [9.17, 15) is 13.2 Å². The van der Waals surface area contributed by atoms with Gasteiger partial charge in [0.25, 0.3) is 10.0 Å². The van der Waals surface area contributed by atoms with E-state index >= 15 is 0 Å². The molecule has 3 aromatic rings. The first-order valence-corrected chi connectivity index (χ1v) is 10.7. The van der Waals surface area contributed by atoms with Crippen molar-refractivity contribution in [3.63, 3.8) is 0 Å². The molecule has 3 aromatic carbocycles. The van der Waals surface area contributed by atoms with Gasteiger partial charge in [0.15, 0.2) is 0 Å². The number of methoxy groups -OCH3 is 1. The first-order chi connectivity index (χ1) is 14.4. The topological polar surface area (TPSA) is 84.5 Å². The van der Waals surface area contributed by atoms with Gasteiger partial charge in [-0.15, -0.1) is 0 Å². The minimum atomic E-state index is -3.72. The first-order valence-electron chi connectivity index (χ1n) is 9.19. The molecular formula is C23H22N2O4S. The summed E-state index contributed by atoms with van der Waals surface area (Å²) in [5, 5.41) is 2.70. The molecule has 0 aromatic heterocycles. The van der Waals surface area contributed by atoms with Crippen LogP contribution in [0.1, 0.15) is 11.1 Å². The van der Waals surface area contributed by atoms with Gasteiger partial charge in [-0.3, -0.25) is 9.52 Å². The van der Waals surface area contributed by atoms with E-state index < -0.39 is 10.0 Å². The van der Waals surface area contributed by atoms with Gasteiger partial charge in [-0.2, -0.15) is 0 Å². The summed E-state index contributed by atoms with van der Waals surface area (Å²) in [5.74, 6) is 0.325. The highest BCUT2D eigenvalue weighted by atomic mass is 32.2. The van der Waals surface area contributed by atoms with Crippen LogP contribution >= 0.6 is 0 Å². The van der Waals surface area contributed by atoms with Crippen molar-refractivity contribution in [3.05, 3.63) is 90.0 Å². The molecule has 0 aliphatic rings. The maximum absolute atomic E-state index is 12.5. The summed E-state index contributed by atoms with van der Waals surface area (Å²) in [4.78, 5) is 12.3. The Morgan fingerprint density at radius 2 is 1.53 bits per heavy atom. The molecule has 0 atom stereocenters. The Balaban J connectivity index is 1.65. The third kappa shape index (κ3) is 5.48. The number of anilines is 2. The van der Waals surface area contributed by atoms with Crippen LogP contribution in [0.25, 0.3) is 6.08 Å². The van der Waals surface area contributed by atoms with Crippen molar-refractivity contribution in [3.8, 4) is 5.75 Å². The zero-order valence-corrected chi connectivity index (χ0v) is 17.4. The van der Waals surface area contributed by atoms with E-state index in [-0.39, 0.29) is 10.8 Å². The number of hydrogen-bond donors (Lipinski definition) is 2. The molecule has 1 amide bonds. The lowest BCUT2D eigenvalue weighted by molar-refractivity contribution is -0.111. The zero-order valence-electron chi connectivity index (χ0n) is 16.6. The number of amides is 1. The number of rotatable bonds is 7. The summed E-state index contributed by atoms with van der Waals surface area (Å²) in [7, 11) is -2.15. The van der Waals surface area contributed by atoms with Gasteiger partial charge in [-0.05, 0) is 55.5 Å². The van der Waals surface area contributed by atoms with Gasteiger partial charge < -0.3 is 10.1 Å². The Morgan fingerprint density at radius 3 is 2.20 bits per heavy atom.